The second-order valence-electron chi connectivity index (χ2n) is 7.05. The number of furan rings is 1. The van der Waals surface area contributed by atoms with Crippen LogP contribution < -0.4 is 10.2 Å². The summed E-state index contributed by atoms with van der Waals surface area (Å²) in [5.41, 5.74) is 2.43. The number of piperazine rings is 1. The SMILES string of the molecule is CN1CCN(c2ccccc2NC(=O)c2ccc(-c3cc(Cl)ccc3Cl)o2)CC1. The lowest BCUT2D eigenvalue weighted by atomic mass is 10.2. The normalized spacial score (nSPS) is 14.8. The second-order valence-corrected chi connectivity index (χ2v) is 7.89. The van der Waals surface area contributed by atoms with Crippen LogP contribution in [0, 0.1) is 0 Å². The first kappa shape index (κ1) is 19.8. The van der Waals surface area contributed by atoms with Crippen molar-refractivity contribution in [1.82, 2.24) is 4.90 Å². The minimum Gasteiger partial charge on any atom is -0.451 e. The van der Waals surface area contributed by atoms with Crippen molar-refractivity contribution >= 4 is 40.5 Å². The summed E-state index contributed by atoms with van der Waals surface area (Å²) in [7, 11) is 2.12. The molecular weight excluding hydrogens is 409 g/mol. The Hall–Kier alpha value is -2.47. The number of nitrogens with one attached hydrogen (secondary N) is 1. The van der Waals surface area contributed by atoms with E-state index in [1.165, 1.54) is 0 Å². The molecule has 1 fully saturated rings. The number of likely N-dealkylation sites (N-methyl/N-ethyl adjacent to an activating group) is 1. The Kier molecular flexibility index (Phi) is 5.81. The first-order valence-corrected chi connectivity index (χ1v) is 10.2. The van der Waals surface area contributed by atoms with Crippen molar-refractivity contribution in [2.45, 2.75) is 0 Å². The minimum atomic E-state index is -0.309. The lowest BCUT2D eigenvalue weighted by Crippen LogP contribution is -2.44. The molecule has 150 valence electrons. The number of nitrogens with zero attached hydrogens (tertiary/aromatic N) is 2. The Morgan fingerprint density at radius 1 is 1.00 bits per heavy atom. The van der Waals surface area contributed by atoms with Gasteiger partial charge in [-0.3, -0.25) is 4.79 Å². The standard InChI is InChI=1S/C22H21Cl2N3O2/c1-26-10-12-27(13-11-26)19-5-3-2-4-18(19)25-22(28)21-9-8-20(29-21)16-14-15(23)6-7-17(16)24/h2-9,14H,10-13H2,1H3,(H,25,28). The number of halogens is 2. The number of hydrogen-bond acceptors (Lipinski definition) is 4. The lowest BCUT2D eigenvalue weighted by Gasteiger charge is -2.35. The van der Waals surface area contributed by atoms with Crippen molar-refractivity contribution in [2.24, 2.45) is 0 Å². The molecule has 0 spiro atoms. The molecule has 0 bridgehead atoms. The molecule has 0 aliphatic carbocycles. The van der Waals surface area contributed by atoms with E-state index >= 15 is 0 Å². The zero-order chi connectivity index (χ0) is 20.4. The fourth-order valence-corrected chi connectivity index (χ4v) is 3.76. The lowest BCUT2D eigenvalue weighted by molar-refractivity contribution is 0.0997. The molecule has 2 heterocycles. The topological polar surface area (TPSA) is 48.7 Å². The van der Waals surface area contributed by atoms with Gasteiger partial charge in [-0.25, -0.2) is 0 Å². The van der Waals surface area contributed by atoms with E-state index in [0.29, 0.717) is 21.4 Å². The molecule has 29 heavy (non-hydrogen) atoms. The highest BCUT2D eigenvalue weighted by Gasteiger charge is 2.19. The second kappa shape index (κ2) is 8.49. The summed E-state index contributed by atoms with van der Waals surface area (Å²) in [4.78, 5) is 17.4. The number of anilines is 2. The van der Waals surface area contributed by atoms with Crippen LogP contribution in [0.4, 0.5) is 11.4 Å². The van der Waals surface area contributed by atoms with Gasteiger partial charge in [-0.05, 0) is 49.5 Å². The molecule has 0 saturated carbocycles. The van der Waals surface area contributed by atoms with E-state index in [9.17, 15) is 4.79 Å². The van der Waals surface area contributed by atoms with Gasteiger partial charge in [0, 0.05) is 36.8 Å². The largest absolute Gasteiger partial charge is 0.451 e. The fraction of sp³-hybridized carbons (Fsp3) is 0.227. The van der Waals surface area contributed by atoms with Gasteiger partial charge < -0.3 is 19.5 Å². The van der Waals surface area contributed by atoms with Crippen LogP contribution in [0.1, 0.15) is 10.6 Å². The van der Waals surface area contributed by atoms with Gasteiger partial charge >= 0.3 is 0 Å². The molecule has 1 N–H and O–H groups in total. The van der Waals surface area contributed by atoms with E-state index in [-0.39, 0.29) is 11.7 Å². The van der Waals surface area contributed by atoms with Crippen molar-refractivity contribution < 1.29 is 9.21 Å². The summed E-state index contributed by atoms with van der Waals surface area (Å²) in [5, 5.41) is 4.04. The smallest absolute Gasteiger partial charge is 0.291 e. The third-order valence-corrected chi connectivity index (χ3v) is 5.58. The van der Waals surface area contributed by atoms with E-state index in [2.05, 4.69) is 22.2 Å². The number of hydrogen-bond donors (Lipinski definition) is 1. The molecule has 1 amide bonds. The molecule has 1 aromatic heterocycles. The molecule has 3 aromatic rings. The molecule has 5 nitrogen and oxygen atoms in total. The quantitative estimate of drug-likeness (QED) is 0.614. The number of carbonyl (C=O) groups excluding carboxylic acids is 1. The van der Waals surface area contributed by atoms with E-state index in [1.54, 1.807) is 30.3 Å². The number of rotatable bonds is 4. The van der Waals surface area contributed by atoms with Gasteiger partial charge in [-0.2, -0.15) is 0 Å². The van der Waals surface area contributed by atoms with E-state index in [0.717, 1.165) is 37.6 Å². The summed E-state index contributed by atoms with van der Waals surface area (Å²) in [6, 6.07) is 16.3. The van der Waals surface area contributed by atoms with Crippen LogP contribution >= 0.6 is 23.2 Å². The highest BCUT2D eigenvalue weighted by molar-refractivity contribution is 6.35. The summed E-state index contributed by atoms with van der Waals surface area (Å²) < 4.78 is 5.76. The van der Waals surface area contributed by atoms with Crippen molar-refractivity contribution in [1.29, 1.82) is 0 Å². The van der Waals surface area contributed by atoms with Gasteiger partial charge in [0.2, 0.25) is 0 Å². The molecule has 0 unspecified atom stereocenters. The van der Waals surface area contributed by atoms with Crippen molar-refractivity contribution in [3.63, 3.8) is 0 Å². The molecule has 4 rings (SSSR count). The Labute approximate surface area is 179 Å². The van der Waals surface area contributed by atoms with Gasteiger partial charge in [0.1, 0.15) is 5.76 Å². The van der Waals surface area contributed by atoms with Crippen LogP contribution in [0.15, 0.2) is 59.0 Å². The summed E-state index contributed by atoms with van der Waals surface area (Å²) in [6.45, 7) is 3.82. The molecular formula is C22H21Cl2N3O2. The number of amides is 1. The molecule has 1 aliphatic rings. The van der Waals surface area contributed by atoms with E-state index in [4.69, 9.17) is 27.6 Å². The zero-order valence-electron chi connectivity index (χ0n) is 16.0. The number of benzene rings is 2. The van der Waals surface area contributed by atoms with Crippen molar-refractivity contribution in [3.05, 3.63) is 70.4 Å². The summed E-state index contributed by atoms with van der Waals surface area (Å²) >= 11 is 12.3. The zero-order valence-corrected chi connectivity index (χ0v) is 17.5. The molecule has 7 heteroatoms. The van der Waals surface area contributed by atoms with Crippen molar-refractivity contribution in [2.75, 3.05) is 43.4 Å². The van der Waals surface area contributed by atoms with Gasteiger partial charge in [-0.15, -0.1) is 0 Å². The predicted molar refractivity (Wildman–Crippen MR) is 118 cm³/mol. The monoisotopic (exact) mass is 429 g/mol. The van der Waals surface area contributed by atoms with Crippen molar-refractivity contribution in [3.8, 4) is 11.3 Å². The molecule has 1 aliphatic heterocycles. The Morgan fingerprint density at radius 3 is 2.55 bits per heavy atom. The number of para-hydroxylation sites is 2. The average Bonchev–Trinajstić information content (AvgIpc) is 3.21. The third-order valence-electron chi connectivity index (χ3n) is 5.02. The van der Waals surface area contributed by atoms with Gasteiger partial charge in [0.25, 0.3) is 5.91 Å². The maximum atomic E-state index is 12.8. The highest BCUT2D eigenvalue weighted by Crippen LogP contribution is 2.32. The van der Waals surface area contributed by atoms with Gasteiger partial charge in [0.15, 0.2) is 5.76 Å². The average molecular weight is 430 g/mol. The maximum absolute atomic E-state index is 12.8. The highest BCUT2D eigenvalue weighted by atomic mass is 35.5. The predicted octanol–water partition coefficient (Wildman–Crippen LogP) is 5.26. The Balaban J connectivity index is 1.54. The van der Waals surface area contributed by atoms with Crippen LogP contribution in [-0.2, 0) is 0 Å². The van der Waals surface area contributed by atoms with E-state index in [1.807, 2.05) is 24.3 Å². The first-order chi connectivity index (χ1) is 14.0. The van der Waals surface area contributed by atoms with Crippen LogP contribution in [0.2, 0.25) is 10.0 Å². The van der Waals surface area contributed by atoms with Gasteiger partial charge in [0.05, 0.1) is 16.4 Å². The molecule has 0 atom stereocenters. The Morgan fingerprint density at radius 2 is 1.76 bits per heavy atom. The summed E-state index contributed by atoms with van der Waals surface area (Å²) in [6.07, 6.45) is 0. The van der Waals surface area contributed by atoms with Crippen LogP contribution in [-0.4, -0.2) is 44.0 Å². The fourth-order valence-electron chi connectivity index (χ4n) is 3.38. The van der Waals surface area contributed by atoms with Crippen LogP contribution in [0.25, 0.3) is 11.3 Å². The summed E-state index contributed by atoms with van der Waals surface area (Å²) in [5.74, 6) is 0.398. The van der Waals surface area contributed by atoms with Crippen LogP contribution in [0.3, 0.4) is 0 Å². The van der Waals surface area contributed by atoms with E-state index < -0.39 is 0 Å². The molecule has 2 aromatic carbocycles. The maximum Gasteiger partial charge on any atom is 0.291 e. The third kappa shape index (κ3) is 4.42. The first-order valence-electron chi connectivity index (χ1n) is 9.40. The van der Waals surface area contributed by atoms with Gasteiger partial charge in [-0.1, -0.05) is 35.3 Å². The molecule has 1 saturated heterocycles. The molecule has 0 radical (unpaired) electrons. The van der Waals surface area contributed by atoms with Crippen LogP contribution in [0.5, 0.6) is 0 Å². The number of carbonyl (C=O) groups is 1. The Bertz CT molecular complexity index is 1030. The minimum absolute atomic E-state index is 0.212.